The summed E-state index contributed by atoms with van der Waals surface area (Å²) in [4.78, 5) is 16.9. The number of rotatable bonds is 6. The summed E-state index contributed by atoms with van der Waals surface area (Å²) in [5, 5.41) is 0. The molecule has 1 saturated heterocycles. The van der Waals surface area contributed by atoms with E-state index in [1.54, 1.807) is 11.3 Å². The van der Waals surface area contributed by atoms with Crippen LogP contribution in [0.15, 0.2) is 12.1 Å². The van der Waals surface area contributed by atoms with Gasteiger partial charge in [0, 0.05) is 4.88 Å². The Morgan fingerprint density at radius 1 is 1.20 bits per heavy atom. The predicted molar refractivity (Wildman–Crippen MR) is 86.7 cm³/mol. The standard InChI is InChI=1S/C17H27NOS/c1-4-14-7-8-16(20-14)15(19)13-18-11-9-17(5-2,6-3)10-12-18/h7-8H,4-6,9-13H2,1-3H3. The SMILES string of the molecule is CCc1ccc(C(=O)CN2CCC(CC)(CC)CC2)s1. The van der Waals surface area contributed by atoms with Crippen LogP contribution in [0.4, 0.5) is 0 Å². The molecule has 20 heavy (non-hydrogen) atoms. The lowest BCUT2D eigenvalue weighted by Gasteiger charge is -2.40. The Hall–Kier alpha value is -0.670. The summed E-state index contributed by atoms with van der Waals surface area (Å²) in [6, 6.07) is 4.09. The van der Waals surface area contributed by atoms with E-state index in [4.69, 9.17) is 0 Å². The van der Waals surface area contributed by atoms with E-state index in [2.05, 4.69) is 31.7 Å². The van der Waals surface area contributed by atoms with Crippen molar-refractivity contribution in [2.45, 2.75) is 52.9 Å². The monoisotopic (exact) mass is 293 g/mol. The second-order valence-corrected chi connectivity index (χ2v) is 7.19. The minimum atomic E-state index is 0.301. The van der Waals surface area contributed by atoms with Crippen LogP contribution in [0, 0.1) is 5.41 Å². The number of likely N-dealkylation sites (tertiary alicyclic amines) is 1. The van der Waals surface area contributed by atoms with Gasteiger partial charge in [-0.25, -0.2) is 0 Å². The first-order valence-corrected chi connectivity index (χ1v) is 8.78. The van der Waals surface area contributed by atoms with E-state index in [1.807, 2.05) is 6.07 Å². The first kappa shape index (κ1) is 15.7. The van der Waals surface area contributed by atoms with Crippen molar-refractivity contribution in [2.75, 3.05) is 19.6 Å². The summed E-state index contributed by atoms with van der Waals surface area (Å²) in [5.41, 5.74) is 0.540. The van der Waals surface area contributed by atoms with E-state index in [0.717, 1.165) is 24.4 Å². The zero-order chi connectivity index (χ0) is 14.6. The van der Waals surface area contributed by atoms with Crippen molar-refractivity contribution in [1.82, 2.24) is 4.90 Å². The van der Waals surface area contributed by atoms with Crippen LogP contribution in [-0.4, -0.2) is 30.3 Å². The number of thiophene rings is 1. The molecule has 0 atom stereocenters. The molecule has 0 aromatic carbocycles. The molecule has 3 heteroatoms. The fourth-order valence-corrected chi connectivity index (χ4v) is 4.02. The van der Waals surface area contributed by atoms with Crippen LogP contribution >= 0.6 is 11.3 Å². The normalized spacial score (nSPS) is 19.1. The number of carbonyl (C=O) groups excluding carboxylic acids is 1. The Balaban J connectivity index is 1.87. The Morgan fingerprint density at radius 2 is 1.85 bits per heavy atom. The number of hydrogen-bond acceptors (Lipinski definition) is 3. The molecule has 112 valence electrons. The Bertz CT molecular complexity index is 438. The van der Waals surface area contributed by atoms with Gasteiger partial charge in [-0.05, 0) is 49.9 Å². The highest BCUT2D eigenvalue weighted by molar-refractivity contribution is 7.14. The van der Waals surface area contributed by atoms with Crippen molar-refractivity contribution >= 4 is 17.1 Å². The van der Waals surface area contributed by atoms with E-state index < -0.39 is 0 Å². The quantitative estimate of drug-likeness (QED) is 0.725. The van der Waals surface area contributed by atoms with E-state index in [1.165, 1.54) is 30.6 Å². The van der Waals surface area contributed by atoms with Gasteiger partial charge in [-0.2, -0.15) is 0 Å². The molecular formula is C17H27NOS. The minimum Gasteiger partial charge on any atom is -0.296 e. The Kier molecular flexibility index (Phi) is 5.39. The average Bonchev–Trinajstić information content (AvgIpc) is 2.97. The Morgan fingerprint density at radius 3 is 2.35 bits per heavy atom. The van der Waals surface area contributed by atoms with Gasteiger partial charge in [0.15, 0.2) is 5.78 Å². The molecular weight excluding hydrogens is 266 g/mol. The lowest BCUT2D eigenvalue weighted by atomic mass is 9.74. The number of carbonyl (C=O) groups is 1. The van der Waals surface area contributed by atoms with Gasteiger partial charge in [-0.1, -0.05) is 33.6 Å². The summed E-state index contributed by atoms with van der Waals surface area (Å²) in [5.74, 6) is 0.301. The van der Waals surface area contributed by atoms with Crippen molar-refractivity contribution in [3.05, 3.63) is 21.9 Å². The summed E-state index contributed by atoms with van der Waals surface area (Å²) in [7, 11) is 0. The van der Waals surface area contributed by atoms with Crippen LogP contribution in [0.3, 0.4) is 0 Å². The number of aryl methyl sites for hydroxylation is 1. The third kappa shape index (κ3) is 3.50. The summed E-state index contributed by atoms with van der Waals surface area (Å²) >= 11 is 1.66. The van der Waals surface area contributed by atoms with Crippen LogP contribution in [0.2, 0.25) is 0 Å². The lowest BCUT2D eigenvalue weighted by Crippen LogP contribution is -2.41. The first-order chi connectivity index (χ1) is 9.62. The molecule has 0 radical (unpaired) electrons. The number of hydrogen-bond donors (Lipinski definition) is 0. The predicted octanol–water partition coefficient (Wildman–Crippen LogP) is 4.40. The van der Waals surface area contributed by atoms with Crippen molar-refractivity contribution in [3.8, 4) is 0 Å². The van der Waals surface area contributed by atoms with Crippen LogP contribution in [-0.2, 0) is 6.42 Å². The maximum absolute atomic E-state index is 12.3. The highest BCUT2D eigenvalue weighted by atomic mass is 32.1. The summed E-state index contributed by atoms with van der Waals surface area (Å²) < 4.78 is 0. The fourth-order valence-electron chi connectivity index (χ4n) is 3.14. The van der Waals surface area contributed by atoms with Gasteiger partial charge < -0.3 is 0 Å². The van der Waals surface area contributed by atoms with Crippen molar-refractivity contribution in [3.63, 3.8) is 0 Å². The molecule has 1 fully saturated rings. The molecule has 0 saturated carbocycles. The number of nitrogens with zero attached hydrogens (tertiary/aromatic N) is 1. The van der Waals surface area contributed by atoms with Crippen molar-refractivity contribution in [2.24, 2.45) is 5.41 Å². The molecule has 0 spiro atoms. The third-order valence-electron chi connectivity index (χ3n) is 5.07. The van der Waals surface area contributed by atoms with Crippen LogP contribution < -0.4 is 0 Å². The van der Waals surface area contributed by atoms with Gasteiger partial charge in [0.05, 0.1) is 11.4 Å². The third-order valence-corrected chi connectivity index (χ3v) is 6.34. The van der Waals surface area contributed by atoms with Gasteiger partial charge in [0.1, 0.15) is 0 Å². The highest BCUT2D eigenvalue weighted by Gasteiger charge is 2.31. The fraction of sp³-hybridized carbons (Fsp3) is 0.706. The van der Waals surface area contributed by atoms with E-state index in [-0.39, 0.29) is 0 Å². The van der Waals surface area contributed by atoms with E-state index in [0.29, 0.717) is 17.7 Å². The largest absolute Gasteiger partial charge is 0.296 e. The van der Waals surface area contributed by atoms with Gasteiger partial charge in [0.25, 0.3) is 0 Å². The summed E-state index contributed by atoms with van der Waals surface area (Å²) in [6.07, 6.45) is 6.07. The zero-order valence-electron chi connectivity index (χ0n) is 13.1. The maximum atomic E-state index is 12.3. The second kappa shape index (κ2) is 6.86. The average molecular weight is 293 g/mol. The number of ketones is 1. The smallest absolute Gasteiger partial charge is 0.186 e. The Labute approximate surface area is 127 Å². The highest BCUT2D eigenvalue weighted by Crippen LogP contribution is 2.37. The first-order valence-electron chi connectivity index (χ1n) is 7.96. The van der Waals surface area contributed by atoms with E-state index >= 15 is 0 Å². The molecule has 0 bridgehead atoms. The van der Waals surface area contributed by atoms with Gasteiger partial charge in [-0.15, -0.1) is 11.3 Å². The zero-order valence-corrected chi connectivity index (χ0v) is 13.9. The van der Waals surface area contributed by atoms with Gasteiger partial charge >= 0.3 is 0 Å². The molecule has 0 unspecified atom stereocenters. The molecule has 0 aliphatic carbocycles. The van der Waals surface area contributed by atoms with Gasteiger partial charge in [-0.3, -0.25) is 9.69 Å². The second-order valence-electron chi connectivity index (χ2n) is 6.03. The topological polar surface area (TPSA) is 20.3 Å². The van der Waals surface area contributed by atoms with Crippen LogP contribution in [0.25, 0.3) is 0 Å². The molecule has 2 rings (SSSR count). The molecule has 2 nitrogen and oxygen atoms in total. The van der Waals surface area contributed by atoms with Crippen LogP contribution in [0.1, 0.15) is 61.0 Å². The molecule has 0 N–H and O–H groups in total. The number of piperidine rings is 1. The molecule has 1 aliphatic heterocycles. The lowest BCUT2D eigenvalue weighted by molar-refractivity contribution is 0.0759. The molecule has 1 aliphatic rings. The van der Waals surface area contributed by atoms with Crippen molar-refractivity contribution in [1.29, 1.82) is 0 Å². The van der Waals surface area contributed by atoms with Crippen molar-refractivity contribution < 1.29 is 4.79 Å². The van der Waals surface area contributed by atoms with Crippen LogP contribution in [0.5, 0.6) is 0 Å². The minimum absolute atomic E-state index is 0.301. The van der Waals surface area contributed by atoms with E-state index in [9.17, 15) is 4.79 Å². The molecule has 2 heterocycles. The maximum Gasteiger partial charge on any atom is 0.186 e. The van der Waals surface area contributed by atoms with Gasteiger partial charge in [0.2, 0.25) is 0 Å². The molecule has 1 aromatic rings. The molecule has 0 amide bonds. The molecule has 1 aromatic heterocycles. The summed E-state index contributed by atoms with van der Waals surface area (Å²) in [6.45, 7) is 9.52. The number of Topliss-reactive ketones (excluding diaryl/α,β-unsaturated/α-hetero) is 1.